The summed E-state index contributed by atoms with van der Waals surface area (Å²) in [6.07, 6.45) is 3.71. The Labute approximate surface area is 153 Å². The van der Waals surface area contributed by atoms with Gasteiger partial charge in [0.05, 0.1) is 5.69 Å². The number of hydrogen-bond donors (Lipinski definition) is 1. The van der Waals surface area contributed by atoms with Crippen LogP contribution in [0.25, 0.3) is 21.6 Å². The van der Waals surface area contributed by atoms with Crippen LogP contribution in [0.2, 0.25) is 0 Å². The molecule has 0 aliphatic rings. The first-order valence-corrected chi connectivity index (χ1v) is 8.79. The van der Waals surface area contributed by atoms with Crippen LogP contribution in [0.15, 0.2) is 48.8 Å². The van der Waals surface area contributed by atoms with E-state index in [4.69, 9.17) is 0 Å². The van der Waals surface area contributed by atoms with E-state index >= 15 is 0 Å². The van der Waals surface area contributed by atoms with Gasteiger partial charge in [0.15, 0.2) is 0 Å². The molecule has 0 unspecified atom stereocenters. The number of carbonyl (C=O) groups is 1. The molecule has 4 rings (SSSR count). The molecule has 0 radical (unpaired) electrons. The van der Waals surface area contributed by atoms with E-state index in [-0.39, 0.29) is 5.91 Å². The fourth-order valence-corrected chi connectivity index (χ4v) is 3.85. The first kappa shape index (κ1) is 16.4. The highest BCUT2D eigenvalue weighted by molar-refractivity contribution is 7.17. The van der Waals surface area contributed by atoms with Gasteiger partial charge in [0.2, 0.25) is 0 Å². The van der Waals surface area contributed by atoms with Gasteiger partial charge >= 0.3 is 0 Å². The fourth-order valence-electron chi connectivity index (χ4n) is 2.86. The summed E-state index contributed by atoms with van der Waals surface area (Å²) in [6.45, 7) is 1.80. The number of thiazole rings is 1. The highest BCUT2D eigenvalue weighted by Gasteiger charge is 2.19. The normalized spacial score (nSPS) is 11.0. The number of aryl methyl sites for hydroxylation is 2. The zero-order valence-corrected chi connectivity index (χ0v) is 15.0. The predicted molar refractivity (Wildman–Crippen MR) is 101 cm³/mol. The van der Waals surface area contributed by atoms with Crippen LogP contribution in [-0.2, 0) is 7.05 Å². The molecule has 0 fully saturated rings. The topological polar surface area (TPSA) is 59.8 Å². The smallest absolute Gasteiger partial charge is 0.267 e. The molecule has 0 bridgehead atoms. The molecule has 0 saturated heterocycles. The zero-order valence-electron chi connectivity index (χ0n) is 14.2. The number of anilines is 1. The first-order chi connectivity index (χ1) is 12.5. The van der Waals surface area contributed by atoms with Crippen LogP contribution < -0.4 is 5.32 Å². The van der Waals surface area contributed by atoms with Crippen LogP contribution in [0.4, 0.5) is 10.1 Å². The van der Waals surface area contributed by atoms with Crippen molar-refractivity contribution < 1.29 is 9.18 Å². The molecule has 130 valence electrons. The second-order valence-electron chi connectivity index (χ2n) is 5.93. The molecule has 3 aromatic heterocycles. The second-order valence-corrected chi connectivity index (χ2v) is 6.93. The number of carbonyl (C=O) groups excluding carboxylic acids is 1. The Kier molecular flexibility index (Phi) is 4.00. The maximum atomic E-state index is 13.3. The van der Waals surface area contributed by atoms with E-state index in [0.29, 0.717) is 16.3 Å². The third-order valence-corrected chi connectivity index (χ3v) is 5.24. The van der Waals surface area contributed by atoms with Gasteiger partial charge in [-0.1, -0.05) is 6.07 Å². The number of rotatable bonds is 3. The summed E-state index contributed by atoms with van der Waals surface area (Å²) in [5.41, 5.74) is 2.85. The summed E-state index contributed by atoms with van der Waals surface area (Å²) in [5.74, 6) is -0.692. The highest BCUT2D eigenvalue weighted by atomic mass is 32.1. The van der Waals surface area contributed by atoms with E-state index in [2.05, 4.69) is 15.3 Å². The summed E-state index contributed by atoms with van der Waals surface area (Å²) in [6, 6.07) is 9.68. The summed E-state index contributed by atoms with van der Waals surface area (Å²) in [5, 5.41) is 4.46. The van der Waals surface area contributed by atoms with E-state index in [1.54, 1.807) is 25.3 Å². The van der Waals surface area contributed by atoms with Crippen LogP contribution in [0.1, 0.15) is 15.4 Å². The minimum absolute atomic E-state index is 0.296. The number of fused-ring (bicyclic) bond motifs is 1. The van der Waals surface area contributed by atoms with Gasteiger partial charge < -0.3 is 9.88 Å². The van der Waals surface area contributed by atoms with Gasteiger partial charge in [-0.2, -0.15) is 0 Å². The number of aromatic nitrogens is 3. The maximum Gasteiger partial charge on any atom is 0.267 e. The van der Waals surface area contributed by atoms with Gasteiger partial charge in [-0.3, -0.25) is 4.79 Å². The number of nitrogens with one attached hydrogen (secondary N) is 1. The molecule has 1 amide bonds. The molecule has 4 aromatic rings. The van der Waals surface area contributed by atoms with Crippen molar-refractivity contribution in [1.29, 1.82) is 0 Å². The van der Waals surface area contributed by atoms with Crippen molar-refractivity contribution in [1.82, 2.24) is 14.5 Å². The van der Waals surface area contributed by atoms with Gasteiger partial charge in [-0.15, -0.1) is 11.3 Å². The van der Waals surface area contributed by atoms with Crippen LogP contribution in [0.5, 0.6) is 0 Å². The van der Waals surface area contributed by atoms with Gasteiger partial charge in [-0.05, 0) is 37.3 Å². The van der Waals surface area contributed by atoms with Crippen molar-refractivity contribution in [2.45, 2.75) is 6.92 Å². The molecule has 0 atom stereocenters. The number of pyridine rings is 1. The Morgan fingerprint density at radius 1 is 1.27 bits per heavy atom. The lowest BCUT2D eigenvalue weighted by Crippen LogP contribution is -2.11. The molecule has 0 aliphatic carbocycles. The quantitative estimate of drug-likeness (QED) is 0.585. The van der Waals surface area contributed by atoms with E-state index in [1.807, 2.05) is 29.9 Å². The molecule has 0 spiro atoms. The van der Waals surface area contributed by atoms with Crippen molar-refractivity contribution in [3.8, 4) is 10.6 Å². The van der Waals surface area contributed by atoms with Crippen LogP contribution in [0.3, 0.4) is 0 Å². The average Bonchev–Trinajstić information content (AvgIpc) is 3.16. The Bertz CT molecular complexity index is 1130. The van der Waals surface area contributed by atoms with Crippen molar-refractivity contribution in [2.24, 2.45) is 7.05 Å². The number of amides is 1. The van der Waals surface area contributed by atoms with E-state index in [0.717, 1.165) is 21.6 Å². The molecule has 0 saturated carbocycles. The first-order valence-electron chi connectivity index (χ1n) is 7.97. The van der Waals surface area contributed by atoms with Crippen LogP contribution >= 0.6 is 11.3 Å². The lowest BCUT2D eigenvalue weighted by atomic mass is 10.2. The largest absolute Gasteiger partial charge is 0.335 e. The lowest BCUT2D eigenvalue weighted by Gasteiger charge is -2.03. The maximum absolute atomic E-state index is 13.3. The SMILES string of the molecule is Cc1nc(-c2cn(C)c3ncccc23)sc1C(=O)Nc1cccc(F)c1. The number of hydrogen-bond acceptors (Lipinski definition) is 4. The predicted octanol–water partition coefficient (Wildman–Crippen LogP) is 4.40. The summed E-state index contributed by atoms with van der Waals surface area (Å²) < 4.78 is 15.2. The summed E-state index contributed by atoms with van der Waals surface area (Å²) >= 11 is 1.31. The van der Waals surface area contributed by atoms with Gasteiger partial charge in [0, 0.05) is 36.1 Å². The molecular weight excluding hydrogens is 351 g/mol. The van der Waals surface area contributed by atoms with Gasteiger partial charge in [0.1, 0.15) is 21.3 Å². The third-order valence-electron chi connectivity index (χ3n) is 4.05. The molecule has 1 N–H and O–H groups in total. The fraction of sp³-hybridized carbons (Fsp3) is 0.105. The minimum atomic E-state index is -0.396. The third kappa shape index (κ3) is 2.86. The van der Waals surface area contributed by atoms with E-state index < -0.39 is 5.82 Å². The van der Waals surface area contributed by atoms with Crippen molar-refractivity contribution >= 4 is 34.0 Å². The summed E-state index contributed by atoms with van der Waals surface area (Å²) in [4.78, 5) is 22.0. The molecule has 26 heavy (non-hydrogen) atoms. The van der Waals surface area contributed by atoms with Crippen LogP contribution in [-0.4, -0.2) is 20.4 Å². The van der Waals surface area contributed by atoms with Crippen molar-refractivity contribution in [3.63, 3.8) is 0 Å². The monoisotopic (exact) mass is 366 g/mol. The molecule has 0 aliphatic heterocycles. The van der Waals surface area contributed by atoms with Gasteiger partial charge in [0.25, 0.3) is 5.91 Å². The van der Waals surface area contributed by atoms with E-state index in [1.165, 1.54) is 23.5 Å². The average molecular weight is 366 g/mol. The standard InChI is InChI=1S/C19H15FN4OS/c1-11-16(18(25)23-13-6-3-5-12(20)9-13)26-19(22-11)15-10-24(2)17-14(15)7-4-8-21-17/h3-10H,1-2H3,(H,23,25). The molecule has 7 heteroatoms. The molecule has 3 heterocycles. The number of benzene rings is 1. The van der Waals surface area contributed by atoms with Crippen molar-refractivity contribution in [3.05, 3.63) is 65.2 Å². The number of nitrogens with zero attached hydrogens (tertiary/aromatic N) is 3. The minimum Gasteiger partial charge on any atom is -0.335 e. The van der Waals surface area contributed by atoms with Gasteiger partial charge in [-0.25, -0.2) is 14.4 Å². The highest BCUT2D eigenvalue weighted by Crippen LogP contribution is 2.34. The Morgan fingerprint density at radius 2 is 2.12 bits per heavy atom. The summed E-state index contributed by atoms with van der Waals surface area (Å²) in [7, 11) is 1.93. The second kappa shape index (κ2) is 6.34. The Hall–Kier alpha value is -3.06. The Balaban J connectivity index is 1.70. The number of halogens is 1. The Morgan fingerprint density at radius 3 is 2.92 bits per heavy atom. The van der Waals surface area contributed by atoms with Crippen LogP contribution in [0, 0.1) is 12.7 Å². The van der Waals surface area contributed by atoms with E-state index in [9.17, 15) is 9.18 Å². The molecule has 1 aromatic carbocycles. The van der Waals surface area contributed by atoms with Crippen molar-refractivity contribution in [2.75, 3.05) is 5.32 Å². The molecule has 5 nitrogen and oxygen atoms in total. The molecular formula is C19H15FN4OS. The zero-order chi connectivity index (χ0) is 18.3. The lowest BCUT2D eigenvalue weighted by molar-refractivity contribution is 0.103.